The van der Waals surface area contributed by atoms with Crippen molar-refractivity contribution in [2.75, 3.05) is 12.4 Å². The molecule has 0 amide bonds. The lowest BCUT2D eigenvalue weighted by atomic mass is 10.2. The molecule has 1 aromatic heterocycles. The number of benzene rings is 1. The molecule has 2 aromatic rings. The Morgan fingerprint density at radius 3 is 2.58 bits per heavy atom. The Hall–Kier alpha value is -0.970. The van der Waals surface area contributed by atoms with E-state index >= 15 is 0 Å². The molecule has 0 spiro atoms. The lowest BCUT2D eigenvalue weighted by Gasteiger charge is -2.11. The molecular formula is C13H11Cl2N3S. The normalized spacial score (nSPS) is 13.4. The summed E-state index contributed by atoms with van der Waals surface area (Å²) in [6, 6.07) is 5.41. The number of nitrogens with zero attached hydrogens (tertiary/aromatic N) is 2. The highest BCUT2D eigenvalue weighted by Gasteiger charge is 2.21. The van der Waals surface area contributed by atoms with Crippen LogP contribution < -0.4 is 5.32 Å². The maximum absolute atomic E-state index is 6.22. The van der Waals surface area contributed by atoms with Gasteiger partial charge in [-0.3, -0.25) is 0 Å². The third kappa shape index (κ3) is 2.29. The SMILES string of the molecule is CNc1nc(-c2c(Cl)cccc2Cl)nc2c1CSC2. The fourth-order valence-corrected chi connectivity index (χ4v) is 3.69. The van der Waals surface area contributed by atoms with Crippen LogP contribution in [-0.4, -0.2) is 17.0 Å². The van der Waals surface area contributed by atoms with Gasteiger partial charge in [0.2, 0.25) is 0 Å². The molecule has 3 rings (SSSR count). The van der Waals surface area contributed by atoms with Gasteiger partial charge in [-0.05, 0) is 12.1 Å². The Labute approximate surface area is 125 Å². The van der Waals surface area contributed by atoms with Crippen LogP contribution in [-0.2, 0) is 11.5 Å². The molecule has 3 nitrogen and oxygen atoms in total. The molecule has 0 unspecified atom stereocenters. The third-order valence-corrected chi connectivity index (χ3v) is 4.60. The number of fused-ring (bicyclic) bond motifs is 1. The first kappa shape index (κ1) is 13.0. The standard InChI is InChI=1S/C13H11Cl2N3S/c1-16-12-7-5-19-6-10(7)17-13(18-12)11-8(14)3-2-4-9(11)15/h2-4H,5-6H2,1H3,(H,16,17,18). The van der Waals surface area contributed by atoms with Gasteiger partial charge in [0.25, 0.3) is 0 Å². The molecule has 0 saturated heterocycles. The third-order valence-electron chi connectivity index (χ3n) is 3.00. The maximum Gasteiger partial charge on any atom is 0.164 e. The van der Waals surface area contributed by atoms with E-state index in [-0.39, 0.29) is 0 Å². The summed E-state index contributed by atoms with van der Waals surface area (Å²) in [4.78, 5) is 9.16. The van der Waals surface area contributed by atoms with Crippen molar-refractivity contribution < 1.29 is 0 Å². The fourth-order valence-electron chi connectivity index (χ4n) is 2.08. The molecule has 0 bridgehead atoms. The second-order valence-electron chi connectivity index (χ2n) is 4.16. The van der Waals surface area contributed by atoms with Gasteiger partial charge in [-0.15, -0.1) is 0 Å². The summed E-state index contributed by atoms with van der Waals surface area (Å²) in [5.41, 5.74) is 2.94. The van der Waals surface area contributed by atoms with Crippen molar-refractivity contribution in [1.82, 2.24) is 9.97 Å². The van der Waals surface area contributed by atoms with Gasteiger partial charge in [0.05, 0.1) is 21.3 Å². The van der Waals surface area contributed by atoms with Crippen LogP contribution in [0.3, 0.4) is 0 Å². The first-order chi connectivity index (χ1) is 9.20. The van der Waals surface area contributed by atoms with Gasteiger partial charge in [0.1, 0.15) is 5.82 Å². The number of hydrogen-bond donors (Lipinski definition) is 1. The number of nitrogens with one attached hydrogen (secondary N) is 1. The van der Waals surface area contributed by atoms with Crippen molar-refractivity contribution in [3.05, 3.63) is 39.5 Å². The summed E-state index contributed by atoms with van der Waals surface area (Å²) in [6.07, 6.45) is 0. The molecule has 2 heterocycles. The minimum Gasteiger partial charge on any atom is -0.373 e. The maximum atomic E-state index is 6.22. The van der Waals surface area contributed by atoms with Crippen molar-refractivity contribution in [2.24, 2.45) is 0 Å². The number of hydrogen-bond acceptors (Lipinski definition) is 4. The summed E-state index contributed by atoms with van der Waals surface area (Å²) >= 11 is 14.3. The van der Waals surface area contributed by atoms with E-state index < -0.39 is 0 Å². The van der Waals surface area contributed by atoms with E-state index in [9.17, 15) is 0 Å². The minimum atomic E-state index is 0.570. The van der Waals surface area contributed by atoms with Crippen LogP contribution >= 0.6 is 35.0 Å². The topological polar surface area (TPSA) is 37.8 Å². The van der Waals surface area contributed by atoms with E-state index in [0.29, 0.717) is 21.4 Å². The summed E-state index contributed by atoms with van der Waals surface area (Å²) in [5, 5.41) is 4.26. The predicted molar refractivity (Wildman–Crippen MR) is 82.0 cm³/mol. The van der Waals surface area contributed by atoms with E-state index in [0.717, 1.165) is 23.0 Å². The molecule has 1 aliphatic rings. The highest BCUT2D eigenvalue weighted by atomic mass is 35.5. The van der Waals surface area contributed by atoms with E-state index in [1.807, 2.05) is 24.9 Å². The van der Waals surface area contributed by atoms with Gasteiger partial charge in [0.15, 0.2) is 5.82 Å². The molecule has 1 aliphatic heterocycles. The molecule has 0 radical (unpaired) electrons. The van der Waals surface area contributed by atoms with E-state index in [2.05, 4.69) is 15.3 Å². The van der Waals surface area contributed by atoms with Gasteiger partial charge in [-0.25, -0.2) is 9.97 Å². The predicted octanol–water partition coefficient (Wildman–Crippen LogP) is 4.24. The average Bonchev–Trinajstić information content (AvgIpc) is 2.85. The van der Waals surface area contributed by atoms with Gasteiger partial charge in [-0.2, -0.15) is 11.8 Å². The number of anilines is 1. The Kier molecular flexibility index (Phi) is 3.56. The zero-order valence-corrected chi connectivity index (χ0v) is 12.5. The highest BCUT2D eigenvalue weighted by Crippen LogP contribution is 2.37. The van der Waals surface area contributed by atoms with E-state index in [1.165, 1.54) is 5.56 Å². The van der Waals surface area contributed by atoms with Gasteiger partial charge < -0.3 is 5.32 Å². The van der Waals surface area contributed by atoms with Crippen LogP contribution in [0.15, 0.2) is 18.2 Å². The van der Waals surface area contributed by atoms with Crippen molar-refractivity contribution >= 4 is 40.8 Å². The fraction of sp³-hybridized carbons (Fsp3) is 0.231. The molecule has 0 fully saturated rings. The molecule has 0 saturated carbocycles. The average molecular weight is 312 g/mol. The lowest BCUT2D eigenvalue weighted by Crippen LogP contribution is -2.03. The van der Waals surface area contributed by atoms with Crippen molar-refractivity contribution in [3.63, 3.8) is 0 Å². The molecule has 0 aliphatic carbocycles. The Morgan fingerprint density at radius 2 is 1.89 bits per heavy atom. The first-order valence-corrected chi connectivity index (χ1v) is 7.71. The largest absolute Gasteiger partial charge is 0.373 e. The van der Waals surface area contributed by atoms with E-state index in [4.69, 9.17) is 23.2 Å². The summed E-state index contributed by atoms with van der Waals surface area (Å²) in [6.45, 7) is 0. The first-order valence-electron chi connectivity index (χ1n) is 5.80. The van der Waals surface area contributed by atoms with Crippen LogP contribution in [0.4, 0.5) is 5.82 Å². The number of thioether (sulfide) groups is 1. The molecule has 19 heavy (non-hydrogen) atoms. The Bertz CT molecular complexity index is 626. The van der Waals surface area contributed by atoms with Crippen LogP contribution in [0.1, 0.15) is 11.3 Å². The zero-order chi connectivity index (χ0) is 13.4. The van der Waals surface area contributed by atoms with Gasteiger partial charge >= 0.3 is 0 Å². The van der Waals surface area contributed by atoms with Crippen LogP contribution in [0, 0.1) is 0 Å². The van der Waals surface area contributed by atoms with Crippen molar-refractivity contribution in [1.29, 1.82) is 0 Å². The summed E-state index contributed by atoms with van der Waals surface area (Å²) in [5.74, 6) is 3.30. The summed E-state index contributed by atoms with van der Waals surface area (Å²) < 4.78 is 0. The Morgan fingerprint density at radius 1 is 1.16 bits per heavy atom. The van der Waals surface area contributed by atoms with E-state index in [1.54, 1.807) is 12.1 Å². The molecule has 1 N–H and O–H groups in total. The highest BCUT2D eigenvalue weighted by molar-refractivity contribution is 7.98. The number of aromatic nitrogens is 2. The van der Waals surface area contributed by atoms with Crippen LogP contribution in [0.25, 0.3) is 11.4 Å². The minimum absolute atomic E-state index is 0.570. The molecule has 6 heteroatoms. The molecule has 0 atom stereocenters. The monoisotopic (exact) mass is 311 g/mol. The second-order valence-corrected chi connectivity index (χ2v) is 5.96. The number of halogens is 2. The smallest absolute Gasteiger partial charge is 0.164 e. The number of rotatable bonds is 2. The lowest BCUT2D eigenvalue weighted by molar-refractivity contribution is 1.07. The molecular weight excluding hydrogens is 301 g/mol. The van der Waals surface area contributed by atoms with Gasteiger partial charge in [0, 0.05) is 24.1 Å². The molecule has 98 valence electrons. The zero-order valence-electron chi connectivity index (χ0n) is 10.2. The second kappa shape index (κ2) is 5.19. The van der Waals surface area contributed by atoms with Gasteiger partial charge in [-0.1, -0.05) is 29.3 Å². The van der Waals surface area contributed by atoms with Crippen molar-refractivity contribution in [3.8, 4) is 11.4 Å². The van der Waals surface area contributed by atoms with Crippen LogP contribution in [0.5, 0.6) is 0 Å². The summed E-state index contributed by atoms with van der Waals surface area (Å²) in [7, 11) is 1.86. The van der Waals surface area contributed by atoms with Crippen LogP contribution in [0.2, 0.25) is 10.0 Å². The van der Waals surface area contributed by atoms with Crippen molar-refractivity contribution in [2.45, 2.75) is 11.5 Å². The Balaban J connectivity index is 2.21. The molecule has 1 aromatic carbocycles. The quantitative estimate of drug-likeness (QED) is 0.900.